The molecule has 0 amide bonds. The van der Waals surface area contributed by atoms with Crippen LogP contribution >= 0.6 is 0 Å². The van der Waals surface area contributed by atoms with Gasteiger partial charge in [0.2, 0.25) is 0 Å². The average Bonchev–Trinajstić information content (AvgIpc) is 2.77. The summed E-state index contributed by atoms with van der Waals surface area (Å²) in [5, 5.41) is 9.89. The number of aryl methyl sites for hydroxylation is 1. The monoisotopic (exact) mass is 236 g/mol. The number of benzene rings is 1. The number of hydrogen-bond donors (Lipinski definition) is 1. The Bertz CT molecular complexity index is 468. The van der Waals surface area contributed by atoms with Crippen molar-refractivity contribution in [3.8, 4) is 0 Å². The first kappa shape index (κ1) is 13.4. The molecule has 3 nitrogen and oxygen atoms in total. The van der Waals surface area contributed by atoms with Crippen LogP contribution in [0.15, 0.2) is 36.8 Å². The first-order valence-corrected chi connectivity index (χ1v) is 5.58. The lowest BCUT2D eigenvalue weighted by molar-refractivity contribution is 0.215. The van der Waals surface area contributed by atoms with Crippen molar-refractivity contribution in [2.24, 2.45) is 7.05 Å². The fraction of sp³-hybridized carbons (Fsp3) is 0.308. The Morgan fingerprint density at radius 2 is 2.06 bits per heavy atom. The smallest absolute Gasteiger partial charge is 0.123 e. The van der Waals surface area contributed by atoms with E-state index in [2.05, 4.69) is 4.98 Å². The zero-order valence-electron chi connectivity index (χ0n) is 10.3. The number of halogens is 1. The predicted molar refractivity (Wildman–Crippen MR) is 65.0 cm³/mol. The van der Waals surface area contributed by atoms with Gasteiger partial charge in [0, 0.05) is 13.2 Å². The third-order valence-corrected chi connectivity index (χ3v) is 2.17. The molecule has 0 spiro atoms. The van der Waals surface area contributed by atoms with Gasteiger partial charge in [0.1, 0.15) is 11.9 Å². The fourth-order valence-corrected chi connectivity index (χ4v) is 1.42. The van der Waals surface area contributed by atoms with E-state index in [-0.39, 0.29) is 5.82 Å². The third-order valence-electron chi connectivity index (χ3n) is 2.17. The van der Waals surface area contributed by atoms with E-state index in [0.29, 0.717) is 11.3 Å². The van der Waals surface area contributed by atoms with Gasteiger partial charge < -0.3 is 9.67 Å². The lowest BCUT2D eigenvalue weighted by Crippen LogP contribution is -2.00. The molecule has 4 heteroatoms. The topological polar surface area (TPSA) is 38.0 Å². The first-order valence-electron chi connectivity index (χ1n) is 5.58. The van der Waals surface area contributed by atoms with Crippen molar-refractivity contribution in [2.45, 2.75) is 20.0 Å². The Balaban J connectivity index is 0.000000686. The molecule has 1 N–H and O–H groups in total. The highest BCUT2D eigenvalue weighted by Crippen LogP contribution is 2.20. The van der Waals surface area contributed by atoms with Crippen molar-refractivity contribution < 1.29 is 9.50 Å². The quantitative estimate of drug-likeness (QED) is 0.870. The lowest BCUT2D eigenvalue weighted by Gasteiger charge is -2.07. The van der Waals surface area contributed by atoms with Crippen LogP contribution in [0.1, 0.15) is 31.2 Å². The molecule has 1 unspecified atom stereocenters. The molecule has 0 bridgehead atoms. The second kappa shape index (κ2) is 6.15. The summed E-state index contributed by atoms with van der Waals surface area (Å²) in [5.41, 5.74) is 1.02. The molecular formula is C13H17FN2O. The van der Waals surface area contributed by atoms with Gasteiger partial charge in [-0.15, -0.1) is 0 Å². The fourth-order valence-electron chi connectivity index (χ4n) is 1.42. The molecule has 2 aromatic rings. The molecule has 0 aliphatic heterocycles. The van der Waals surface area contributed by atoms with Crippen LogP contribution in [0.2, 0.25) is 0 Å². The van der Waals surface area contributed by atoms with Gasteiger partial charge in [-0.25, -0.2) is 9.37 Å². The molecular weight excluding hydrogens is 219 g/mol. The minimum atomic E-state index is -0.873. The molecule has 2 rings (SSSR count). The highest BCUT2D eigenvalue weighted by molar-refractivity contribution is 5.25. The van der Waals surface area contributed by atoms with Gasteiger partial charge in [0.05, 0.1) is 12.0 Å². The first-order chi connectivity index (χ1) is 8.16. The van der Waals surface area contributed by atoms with E-state index in [1.807, 2.05) is 20.9 Å². The van der Waals surface area contributed by atoms with E-state index in [0.717, 1.165) is 0 Å². The minimum Gasteiger partial charge on any atom is -0.382 e. The highest BCUT2D eigenvalue weighted by Gasteiger charge is 2.13. The van der Waals surface area contributed by atoms with E-state index in [9.17, 15) is 9.50 Å². The largest absolute Gasteiger partial charge is 0.382 e. The van der Waals surface area contributed by atoms with Crippen LogP contribution in [-0.2, 0) is 7.05 Å². The van der Waals surface area contributed by atoms with Crippen molar-refractivity contribution in [3.05, 3.63) is 53.9 Å². The molecule has 1 heterocycles. The Kier molecular flexibility index (Phi) is 4.84. The highest BCUT2D eigenvalue weighted by atomic mass is 19.1. The normalized spacial score (nSPS) is 11.6. The third kappa shape index (κ3) is 3.39. The molecule has 0 fully saturated rings. The summed E-state index contributed by atoms with van der Waals surface area (Å²) in [7, 11) is 1.81. The lowest BCUT2D eigenvalue weighted by atomic mass is 10.1. The van der Waals surface area contributed by atoms with Gasteiger partial charge in [0.15, 0.2) is 0 Å². The summed E-state index contributed by atoms with van der Waals surface area (Å²) < 4.78 is 14.6. The van der Waals surface area contributed by atoms with E-state index < -0.39 is 6.10 Å². The van der Waals surface area contributed by atoms with Gasteiger partial charge in [0.25, 0.3) is 0 Å². The van der Waals surface area contributed by atoms with Crippen LogP contribution in [-0.4, -0.2) is 14.7 Å². The van der Waals surface area contributed by atoms with Crippen LogP contribution in [0, 0.1) is 5.82 Å². The second-order valence-electron chi connectivity index (χ2n) is 3.42. The molecule has 0 saturated heterocycles. The summed E-state index contributed by atoms with van der Waals surface area (Å²) >= 11 is 0. The SMILES string of the molecule is CC.Cn1cnc(C(O)c2cccc(F)c2)c1. The molecule has 17 heavy (non-hydrogen) atoms. The van der Waals surface area contributed by atoms with Gasteiger partial charge in [-0.1, -0.05) is 26.0 Å². The van der Waals surface area contributed by atoms with Crippen molar-refractivity contribution in [1.82, 2.24) is 9.55 Å². The van der Waals surface area contributed by atoms with Crippen LogP contribution in [0.3, 0.4) is 0 Å². The Labute approximate surface area is 101 Å². The number of aromatic nitrogens is 2. The molecule has 0 aliphatic rings. The predicted octanol–water partition coefficient (Wildman–Crippen LogP) is 2.67. The van der Waals surface area contributed by atoms with Crippen LogP contribution < -0.4 is 0 Å². The van der Waals surface area contributed by atoms with Crippen molar-refractivity contribution in [2.75, 3.05) is 0 Å². The molecule has 0 aliphatic carbocycles. The van der Waals surface area contributed by atoms with E-state index in [4.69, 9.17) is 0 Å². The Morgan fingerprint density at radius 3 is 2.59 bits per heavy atom. The van der Waals surface area contributed by atoms with Crippen LogP contribution in [0.25, 0.3) is 0 Å². The average molecular weight is 236 g/mol. The number of aliphatic hydroxyl groups is 1. The maximum absolute atomic E-state index is 12.9. The molecule has 0 saturated carbocycles. The van der Waals surface area contributed by atoms with Gasteiger partial charge in [-0.3, -0.25) is 0 Å². The summed E-state index contributed by atoms with van der Waals surface area (Å²) in [4.78, 5) is 4.01. The van der Waals surface area contributed by atoms with Crippen LogP contribution in [0.4, 0.5) is 4.39 Å². The number of aliphatic hydroxyl groups excluding tert-OH is 1. The van der Waals surface area contributed by atoms with Gasteiger partial charge in [-0.2, -0.15) is 0 Å². The summed E-state index contributed by atoms with van der Waals surface area (Å²) in [5.74, 6) is -0.359. The minimum absolute atomic E-state index is 0.359. The van der Waals surface area contributed by atoms with Gasteiger partial charge >= 0.3 is 0 Å². The summed E-state index contributed by atoms with van der Waals surface area (Å²) in [6, 6.07) is 5.88. The molecule has 0 radical (unpaired) electrons. The molecule has 1 aromatic heterocycles. The Hall–Kier alpha value is -1.68. The number of rotatable bonds is 2. The van der Waals surface area contributed by atoms with Crippen molar-refractivity contribution >= 4 is 0 Å². The zero-order chi connectivity index (χ0) is 12.8. The molecule has 1 atom stereocenters. The van der Waals surface area contributed by atoms with E-state index in [1.54, 1.807) is 29.2 Å². The zero-order valence-corrected chi connectivity index (χ0v) is 10.3. The molecule has 92 valence electrons. The van der Waals surface area contributed by atoms with Crippen molar-refractivity contribution in [1.29, 1.82) is 0 Å². The number of imidazole rings is 1. The maximum atomic E-state index is 12.9. The van der Waals surface area contributed by atoms with Crippen LogP contribution in [0.5, 0.6) is 0 Å². The standard InChI is InChI=1S/C11H11FN2O.C2H6/c1-14-6-10(13-7-14)11(15)8-3-2-4-9(12)5-8;1-2/h2-7,11,15H,1H3;1-2H3. The van der Waals surface area contributed by atoms with E-state index in [1.165, 1.54) is 12.1 Å². The van der Waals surface area contributed by atoms with E-state index >= 15 is 0 Å². The maximum Gasteiger partial charge on any atom is 0.123 e. The summed E-state index contributed by atoms with van der Waals surface area (Å²) in [6.45, 7) is 4.00. The second-order valence-corrected chi connectivity index (χ2v) is 3.42. The van der Waals surface area contributed by atoms with Gasteiger partial charge in [-0.05, 0) is 17.7 Å². The molecule has 1 aromatic carbocycles. The summed E-state index contributed by atoms with van der Waals surface area (Å²) in [6.07, 6.45) is 2.43. The number of hydrogen-bond acceptors (Lipinski definition) is 2. The number of nitrogens with zero attached hydrogens (tertiary/aromatic N) is 2. The Morgan fingerprint density at radius 1 is 1.35 bits per heavy atom. The van der Waals surface area contributed by atoms with Crippen molar-refractivity contribution in [3.63, 3.8) is 0 Å².